The number of carbonyl (C=O) groups excluding carboxylic acids is 1. The predicted molar refractivity (Wildman–Crippen MR) is 93.1 cm³/mol. The smallest absolute Gasteiger partial charge is 0.321 e. The largest absolute Gasteiger partial charge is 0.377 e. The third kappa shape index (κ3) is 3.42. The third-order valence-electron chi connectivity index (χ3n) is 4.57. The average Bonchev–Trinajstić information content (AvgIpc) is 3.26. The molecule has 4 rings (SSSR count). The van der Waals surface area contributed by atoms with Crippen molar-refractivity contribution in [2.75, 3.05) is 18.5 Å². The van der Waals surface area contributed by atoms with Gasteiger partial charge in [-0.25, -0.2) is 14.5 Å². The Morgan fingerprint density at radius 3 is 3.04 bits per heavy atom. The highest BCUT2D eigenvalue weighted by Crippen LogP contribution is 2.21. The Kier molecular flexibility index (Phi) is 4.50. The summed E-state index contributed by atoms with van der Waals surface area (Å²) < 4.78 is 6.98. The van der Waals surface area contributed by atoms with E-state index < -0.39 is 0 Å². The molecule has 2 N–H and O–H groups in total. The van der Waals surface area contributed by atoms with Gasteiger partial charge in [-0.1, -0.05) is 0 Å². The zero-order valence-corrected chi connectivity index (χ0v) is 14.4. The lowest BCUT2D eigenvalue weighted by Crippen LogP contribution is -2.45. The number of carbonyl (C=O) groups is 1. The summed E-state index contributed by atoms with van der Waals surface area (Å²) in [6, 6.07) is 0.710. The van der Waals surface area contributed by atoms with E-state index in [9.17, 15) is 9.59 Å². The van der Waals surface area contributed by atoms with Gasteiger partial charge in [-0.2, -0.15) is 5.10 Å². The van der Waals surface area contributed by atoms with Gasteiger partial charge in [-0.05, 0) is 31.2 Å². The Morgan fingerprint density at radius 1 is 1.32 bits per heavy atom. The summed E-state index contributed by atoms with van der Waals surface area (Å²) in [7, 11) is 0. The standard InChI is InChI=1S/C16H19N5O3S/c22-14-7-10-3-1-2-4-11(10)20-21(14)13-9-24-8-12(13)18-15(23)19-16-17-5-6-25-16/h5-7,12-13H,1-4,8-9H2,(H2,17,18,19,23). The zero-order valence-electron chi connectivity index (χ0n) is 13.6. The van der Waals surface area contributed by atoms with E-state index in [0.29, 0.717) is 18.3 Å². The number of ether oxygens (including phenoxy) is 1. The number of aromatic nitrogens is 3. The summed E-state index contributed by atoms with van der Waals surface area (Å²) in [5.41, 5.74) is 1.91. The van der Waals surface area contributed by atoms with E-state index >= 15 is 0 Å². The molecule has 2 amide bonds. The van der Waals surface area contributed by atoms with Crippen molar-refractivity contribution in [3.8, 4) is 0 Å². The minimum atomic E-state index is -0.360. The molecule has 1 fully saturated rings. The van der Waals surface area contributed by atoms with Crippen molar-refractivity contribution in [3.63, 3.8) is 0 Å². The van der Waals surface area contributed by atoms with Gasteiger partial charge in [0.25, 0.3) is 5.56 Å². The number of urea groups is 1. The molecule has 9 heteroatoms. The summed E-state index contributed by atoms with van der Waals surface area (Å²) in [4.78, 5) is 28.6. The molecule has 2 aromatic rings. The quantitative estimate of drug-likeness (QED) is 0.860. The third-order valence-corrected chi connectivity index (χ3v) is 5.25. The van der Waals surface area contributed by atoms with Crippen LogP contribution in [-0.2, 0) is 17.6 Å². The molecule has 2 aliphatic rings. The number of amides is 2. The van der Waals surface area contributed by atoms with E-state index in [1.165, 1.54) is 16.0 Å². The number of nitrogens with zero attached hydrogens (tertiary/aromatic N) is 3. The van der Waals surface area contributed by atoms with Gasteiger partial charge in [0.1, 0.15) is 6.04 Å². The molecule has 2 unspecified atom stereocenters. The fraction of sp³-hybridized carbons (Fsp3) is 0.500. The van der Waals surface area contributed by atoms with Crippen LogP contribution in [0.1, 0.15) is 30.1 Å². The number of hydrogen-bond donors (Lipinski definition) is 2. The average molecular weight is 361 g/mol. The number of hydrogen-bond acceptors (Lipinski definition) is 6. The topological polar surface area (TPSA) is 98.1 Å². The molecule has 0 saturated carbocycles. The number of thiazole rings is 1. The molecule has 1 aliphatic heterocycles. The SMILES string of the molecule is O=C(Nc1nccs1)NC1COCC1n1nc2c(cc1=O)CCCC2. The molecule has 0 bridgehead atoms. The van der Waals surface area contributed by atoms with Crippen LogP contribution in [0.5, 0.6) is 0 Å². The molecule has 2 aromatic heterocycles. The van der Waals surface area contributed by atoms with Crippen LogP contribution in [0.15, 0.2) is 22.4 Å². The van der Waals surface area contributed by atoms with Crippen molar-refractivity contribution >= 4 is 22.5 Å². The number of fused-ring (bicyclic) bond motifs is 1. The van der Waals surface area contributed by atoms with Gasteiger partial charge in [-0.15, -0.1) is 11.3 Å². The second-order valence-corrected chi connectivity index (χ2v) is 7.15. The van der Waals surface area contributed by atoms with Gasteiger partial charge in [0.2, 0.25) is 0 Å². The number of rotatable bonds is 3. The molecule has 0 aromatic carbocycles. The number of anilines is 1. The Bertz CT molecular complexity index is 820. The van der Waals surface area contributed by atoms with E-state index in [0.717, 1.165) is 36.9 Å². The molecule has 0 radical (unpaired) electrons. The lowest BCUT2D eigenvalue weighted by atomic mass is 9.97. The molecular formula is C16H19N5O3S. The number of aryl methyl sites for hydroxylation is 2. The van der Waals surface area contributed by atoms with Crippen molar-refractivity contribution in [1.29, 1.82) is 0 Å². The number of nitrogens with one attached hydrogen (secondary N) is 2. The second-order valence-electron chi connectivity index (χ2n) is 6.25. The van der Waals surface area contributed by atoms with E-state index in [4.69, 9.17) is 4.74 Å². The lowest BCUT2D eigenvalue weighted by Gasteiger charge is -2.22. The summed E-state index contributed by atoms with van der Waals surface area (Å²) >= 11 is 1.34. The van der Waals surface area contributed by atoms with E-state index in [2.05, 4.69) is 20.7 Å². The first kappa shape index (κ1) is 16.2. The van der Waals surface area contributed by atoms with Crippen LogP contribution in [0.2, 0.25) is 0 Å². The molecule has 0 spiro atoms. The molecular weight excluding hydrogens is 342 g/mol. The monoisotopic (exact) mass is 361 g/mol. The van der Waals surface area contributed by atoms with Gasteiger partial charge in [0, 0.05) is 17.6 Å². The van der Waals surface area contributed by atoms with Crippen LogP contribution in [0.4, 0.5) is 9.93 Å². The molecule has 1 aliphatic carbocycles. The molecule has 1 saturated heterocycles. The maximum atomic E-state index is 12.5. The minimum Gasteiger partial charge on any atom is -0.377 e. The maximum absolute atomic E-state index is 12.5. The molecule has 2 atom stereocenters. The van der Waals surface area contributed by atoms with Crippen molar-refractivity contribution in [2.24, 2.45) is 0 Å². The summed E-state index contributed by atoms with van der Waals surface area (Å²) in [6.45, 7) is 0.703. The Labute approximate surface area is 148 Å². The minimum absolute atomic E-state index is 0.136. The first-order chi connectivity index (χ1) is 12.2. The zero-order chi connectivity index (χ0) is 17.2. The summed E-state index contributed by atoms with van der Waals surface area (Å²) in [5, 5.41) is 12.4. The summed E-state index contributed by atoms with van der Waals surface area (Å²) in [6.07, 6.45) is 5.63. The van der Waals surface area contributed by atoms with Crippen molar-refractivity contribution in [2.45, 2.75) is 37.8 Å². The molecule has 8 nitrogen and oxygen atoms in total. The first-order valence-electron chi connectivity index (χ1n) is 8.37. The second kappa shape index (κ2) is 6.93. The molecule has 3 heterocycles. The van der Waals surface area contributed by atoms with Crippen LogP contribution in [0, 0.1) is 0 Å². The van der Waals surface area contributed by atoms with Crippen molar-refractivity contribution < 1.29 is 9.53 Å². The highest BCUT2D eigenvalue weighted by atomic mass is 32.1. The van der Waals surface area contributed by atoms with Gasteiger partial charge >= 0.3 is 6.03 Å². The molecule has 25 heavy (non-hydrogen) atoms. The van der Waals surface area contributed by atoms with Crippen LogP contribution < -0.4 is 16.2 Å². The predicted octanol–water partition coefficient (Wildman–Crippen LogP) is 1.34. The maximum Gasteiger partial charge on any atom is 0.321 e. The highest BCUT2D eigenvalue weighted by Gasteiger charge is 2.33. The Hall–Kier alpha value is -2.26. The van der Waals surface area contributed by atoms with Crippen LogP contribution in [0.25, 0.3) is 0 Å². The van der Waals surface area contributed by atoms with Gasteiger partial charge in [0.05, 0.1) is 24.9 Å². The molecule has 132 valence electrons. The fourth-order valence-corrected chi connectivity index (χ4v) is 3.85. The fourth-order valence-electron chi connectivity index (χ4n) is 3.32. The van der Waals surface area contributed by atoms with E-state index in [-0.39, 0.29) is 23.7 Å². The van der Waals surface area contributed by atoms with Gasteiger partial charge < -0.3 is 10.1 Å². The highest BCUT2D eigenvalue weighted by molar-refractivity contribution is 7.13. The van der Waals surface area contributed by atoms with Crippen molar-refractivity contribution in [1.82, 2.24) is 20.1 Å². The lowest BCUT2D eigenvalue weighted by molar-refractivity contribution is 0.180. The van der Waals surface area contributed by atoms with Crippen LogP contribution in [-0.4, -0.2) is 40.1 Å². The first-order valence-corrected chi connectivity index (χ1v) is 9.25. The Morgan fingerprint density at radius 2 is 2.20 bits per heavy atom. The van der Waals surface area contributed by atoms with Gasteiger partial charge in [0.15, 0.2) is 5.13 Å². The van der Waals surface area contributed by atoms with Crippen LogP contribution in [0.3, 0.4) is 0 Å². The van der Waals surface area contributed by atoms with Crippen LogP contribution >= 0.6 is 11.3 Å². The summed E-state index contributed by atoms with van der Waals surface area (Å²) in [5.74, 6) is 0. The normalized spacial score (nSPS) is 22.4. The Balaban J connectivity index is 1.51. The van der Waals surface area contributed by atoms with Gasteiger partial charge in [-0.3, -0.25) is 10.1 Å². The van der Waals surface area contributed by atoms with E-state index in [1.807, 2.05) is 0 Å². The van der Waals surface area contributed by atoms with E-state index in [1.54, 1.807) is 17.6 Å². The van der Waals surface area contributed by atoms with Crippen molar-refractivity contribution in [3.05, 3.63) is 39.3 Å².